The smallest absolute Gasteiger partial charge is 0.343 e. The lowest BCUT2D eigenvalue weighted by molar-refractivity contribution is -0.144. The van der Waals surface area contributed by atoms with Gasteiger partial charge in [0, 0.05) is 62.6 Å². The van der Waals surface area contributed by atoms with Crippen molar-refractivity contribution in [3.63, 3.8) is 0 Å². The Labute approximate surface area is 251 Å². The van der Waals surface area contributed by atoms with Crippen molar-refractivity contribution >= 4 is 46.4 Å². The van der Waals surface area contributed by atoms with E-state index in [1.54, 1.807) is 23.2 Å². The lowest BCUT2D eigenvalue weighted by Crippen LogP contribution is -2.50. The van der Waals surface area contributed by atoms with Crippen LogP contribution in [0, 0.1) is 5.92 Å². The Morgan fingerprint density at radius 3 is 2.77 bits per heavy atom. The quantitative estimate of drug-likeness (QED) is 0.343. The van der Waals surface area contributed by atoms with Crippen molar-refractivity contribution < 1.29 is 27.6 Å². The van der Waals surface area contributed by atoms with Gasteiger partial charge in [0.05, 0.1) is 34.7 Å². The maximum atomic E-state index is 13.3. The second-order valence-corrected chi connectivity index (χ2v) is 11.6. The van der Waals surface area contributed by atoms with E-state index < -0.39 is 18.6 Å². The molecule has 3 aromatic rings. The fourth-order valence-corrected chi connectivity index (χ4v) is 6.30. The minimum absolute atomic E-state index is 0.0275. The van der Waals surface area contributed by atoms with E-state index in [4.69, 9.17) is 11.6 Å². The highest BCUT2D eigenvalue weighted by Crippen LogP contribution is 2.32. The van der Waals surface area contributed by atoms with Crippen LogP contribution in [0.2, 0.25) is 5.02 Å². The zero-order valence-corrected chi connectivity index (χ0v) is 24.4. The number of halogens is 4. The maximum absolute atomic E-state index is 13.3. The summed E-state index contributed by atoms with van der Waals surface area (Å²) >= 11 is 6.43. The molecule has 0 bridgehead atoms. The van der Waals surface area contributed by atoms with Crippen LogP contribution in [-0.2, 0) is 29.0 Å². The third-order valence-electron chi connectivity index (χ3n) is 8.12. The molecule has 230 valence electrons. The Morgan fingerprint density at radius 1 is 1.28 bits per heavy atom. The van der Waals surface area contributed by atoms with Crippen molar-refractivity contribution in [3.05, 3.63) is 52.4 Å². The second-order valence-electron chi connectivity index (χ2n) is 11.2. The lowest BCUT2D eigenvalue weighted by Gasteiger charge is -2.38. The average Bonchev–Trinajstić information content (AvgIpc) is 3.39. The van der Waals surface area contributed by atoms with Gasteiger partial charge in [-0.1, -0.05) is 11.6 Å². The van der Waals surface area contributed by atoms with E-state index in [2.05, 4.69) is 20.5 Å². The summed E-state index contributed by atoms with van der Waals surface area (Å²) in [5.41, 5.74) is 3.23. The first-order valence-electron chi connectivity index (χ1n) is 14.2. The summed E-state index contributed by atoms with van der Waals surface area (Å²) in [6.07, 6.45) is 1.51. The Balaban J connectivity index is 1.22. The number of anilines is 1. The van der Waals surface area contributed by atoms with Crippen LogP contribution in [0.25, 0.3) is 10.9 Å². The average molecular weight is 620 g/mol. The summed E-state index contributed by atoms with van der Waals surface area (Å²) in [6.45, 7) is 0.281. The van der Waals surface area contributed by atoms with Gasteiger partial charge in [-0.25, -0.2) is 4.79 Å². The topological polar surface area (TPSA) is 115 Å². The summed E-state index contributed by atoms with van der Waals surface area (Å²) in [5, 5.41) is 10.6. The maximum Gasteiger partial charge on any atom is 0.401 e. The van der Waals surface area contributed by atoms with Crippen LogP contribution in [0.3, 0.4) is 0 Å². The molecule has 2 aliphatic rings. The number of hydrogen-bond donors (Lipinski definition) is 2. The van der Waals surface area contributed by atoms with Gasteiger partial charge in [0.15, 0.2) is 0 Å². The van der Waals surface area contributed by atoms with Gasteiger partial charge in [0.1, 0.15) is 6.29 Å². The third kappa shape index (κ3) is 7.27. The highest BCUT2D eigenvalue weighted by molar-refractivity contribution is 6.35. The molecule has 0 aliphatic carbocycles. The Bertz CT molecular complexity index is 1490. The number of aldehydes is 1. The summed E-state index contributed by atoms with van der Waals surface area (Å²) < 4.78 is 39.1. The number of hydrogen-bond acceptors (Lipinski definition) is 6. The van der Waals surface area contributed by atoms with Crippen LogP contribution in [-0.4, -0.2) is 93.6 Å². The number of piperidine rings is 1. The molecule has 0 unspecified atom stereocenters. The van der Waals surface area contributed by atoms with Gasteiger partial charge in [-0.05, 0) is 55.6 Å². The highest BCUT2D eigenvalue weighted by Gasteiger charge is 2.33. The van der Waals surface area contributed by atoms with Crippen LogP contribution in [0.1, 0.15) is 36.1 Å². The second kappa shape index (κ2) is 12.9. The number of pyridine rings is 1. The van der Waals surface area contributed by atoms with E-state index in [1.165, 1.54) is 13.2 Å². The summed E-state index contributed by atoms with van der Waals surface area (Å²) in [5.74, 6) is -0.876. The molecule has 1 atom stereocenters. The number of aromatic amines is 1. The summed E-state index contributed by atoms with van der Waals surface area (Å²) in [4.78, 5) is 47.3. The molecule has 4 heterocycles. The first-order valence-corrected chi connectivity index (χ1v) is 14.5. The van der Waals surface area contributed by atoms with E-state index in [9.17, 15) is 27.6 Å². The van der Waals surface area contributed by atoms with E-state index in [0.29, 0.717) is 77.9 Å². The molecule has 1 aromatic carbocycles. The van der Waals surface area contributed by atoms with E-state index >= 15 is 0 Å². The van der Waals surface area contributed by atoms with E-state index in [-0.39, 0.29) is 37.4 Å². The molecule has 0 spiro atoms. The van der Waals surface area contributed by atoms with E-state index in [0.717, 1.165) is 10.6 Å². The molecule has 43 heavy (non-hydrogen) atoms. The number of carbonyl (C=O) groups excluding carboxylic acids is 3. The predicted octanol–water partition coefficient (Wildman–Crippen LogP) is 4.43. The Morgan fingerprint density at radius 2 is 2.05 bits per heavy atom. The number of benzene rings is 1. The Kier molecular flexibility index (Phi) is 9.21. The molecule has 10 nitrogen and oxygen atoms in total. The normalized spacial score (nSPS) is 17.1. The van der Waals surface area contributed by atoms with Crippen molar-refractivity contribution in [1.82, 2.24) is 29.9 Å². The molecule has 2 aromatic heterocycles. The van der Waals surface area contributed by atoms with Gasteiger partial charge in [0.2, 0.25) is 5.91 Å². The number of aromatic nitrogens is 3. The molecule has 3 amide bonds. The number of H-pyrrole nitrogens is 1. The number of rotatable bonds is 9. The number of amides is 3. The zero-order valence-electron chi connectivity index (χ0n) is 23.7. The molecule has 2 aliphatic heterocycles. The molecule has 0 radical (unpaired) electrons. The van der Waals surface area contributed by atoms with Gasteiger partial charge in [0.25, 0.3) is 0 Å². The molecule has 1 saturated heterocycles. The van der Waals surface area contributed by atoms with Gasteiger partial charge in [-0.3, -0.25) is 19.8 Å². The van der Waals surface area contributed by atoms with Crippen LogP contribution >= 0.6 is 11.6 Å². The summed E-state index contributed by atoms with van der Waals surface area (Å²) in [6, 6.07) is 5.04. The van der Waals surface area contributed by atoms with Crippen LogP contribution < -0.4 is 5.32 Å². The fraction of sp³-hybridized carbons (Fsp3) is 0.483. The number of fused-ring (bicyclic) bond motifs is 2. The first-order chi connectivity index (χ1) is 20.5. The minimum atomic E-state index is -4.37. The number of likely N-dealkylation sites (tertiary alicyclic amines) is 1. The zero-order chi connectivity index (χ0) is 30.7. The number of nitrogens with one attached hydrogen (secondary N) is 2. The van der Waals surface area contributed by atoms with Crippen molar-refractivity contribution in [3.8, 4) is 0 Å². The van der Waals surface area contributed by atoms with Crippen molar-refractivity contribution in [1.29, 1.82) is 0 Å². The van der Waals surface area contributed by atoms with E-state index in [1.807, 2.05) is 11.0 Å². The van der Waals surface area contributed by atoms with Crippen LogP contribution in [0.15, 0.2) is 30.6 Å². The monoisotopic (exact) mass is 619 g/mol. The fourth-order valence-electron chi connectivity index (χ4n) is 6.03. The number of alkyl halides is 3. The predicted molar refractivity (Wildman–Crippen MR) is 155 cm³/mol. The highest BCUT2D eigenvalue weighted by atomic mass is 35.5. The van der Waals surface area contributed by atoms with Gasteiger partial charge in [-0.2, -0.15) is 18.3 Å². The standard InChI is InChI=1S/C29H33ClF3N7O3/c1-38(17-29(31,32)33)15-22-19(13-23(30)27-21(22)14-35-37-27)11-18(16-41)12-26(42)39-8-4-20(5-9-39)40-10-6-24-25(36-28(40)43)3-2-7-34-24/h2-3,7,13-14,16,18,20H,4-6,8-12,15,17H2,1H3,(H,35,37)(H,36,43)/t18-/m0/s1. The van der Waals surface area contributed by atoms with Crippen molar-refractivity contribution in [2.24, 2.45) is 5.92 Å². The number of urea groups is 1. The molecule has 2 N–H and O–H groups in total. The summed E-state index contributed by atoms with van der Waals surface area (Å²) in [7, 11) is 1.37. The lowest BCUT2D eigenvalue weighted by atomic mass is 9.91. The molecule has 1 fully saturated rings. The minimum Gasteiger partial charge on any atom is -0.343 e. The largest absolute Gasteiger partial charge is 0.401 e. The van der Waals surface area contributed by atoms with Gasteiger partial charge < -0.3 is 19.9 Å². The molecular formula is C29H33ClF3N7O3. The van der Waals surface area contributed by atoms with Crippen molar-refractivity contribution in [2.45, 2.75) is 50.9 Å². The molecule has 0 saturated carbocycles. The SMILES string of the molecule is CN(Cc1c(C[C@H](C=O)CC(=O)N2CCC(N3CCc4ncccc4NC3=O)CC2)cc(Cl)c2[nH]ncc12)CC(F)(F)F. The number of nitrogens with zero attached hydrogens (tertiary/aromatic N) is 5. The molecule has 14 heteroatoms. The van der Waals surface area contributed by atoms with Crippen LogP contribution in [0.4, 0.5) is 23.7 Å². The van der Waals surface area contributed by atoms with Gasteiger partial charge in [-0.15, -0.1) is 0 Å². The molecular weight excluding hydrogens is 587 g/mol. The van der Waals surface area contributed by atoms with Gasteiger partial charge >= 0.3 is 12.2 Å². The third-order valence-corrected chi connectivity index (χ3v) is 8.42. The Hall–Kier alpha value is -3.71. The van der Waals surface area contributed by atoms with Crippen LogP contribution in [0.5, 0.6) is 0 Å². The number of carbonyl (C=O) groups is 3. The first kappa shape index (κ1) is 30.7. The molecule has 5 rings (SSSR count). The van der Waals surface area contributed by atoms with Crippen molar-refractivity contribution in [2.75, 3.05) is 38.5 Å².